The highest BCUT2D eigenvalue weighted by atomic mass is 16.6. The summed E-state index contributed by atoms with van der Waals surface area (Å²) in [4.78, 5) is 27.3. The van der Waals surface area contributed by atoms with Crippen molar-refractivity contribution in [1.29, 1.82) is 0 Å². The molecule has 30 heavy (non-hydrogen) atoms. The molecule has 1 heterocycles. The lowest BCUT2D eigenvalue weighted by Crippen LogP contribution is -2.20. The predicted molar refractivity (Wildman–Crippen MR) is 113 cm³/mol. The Kier molecular flexibility index (Phi) is 5.13. The Morgan fingerprint density at radius 1 is 1.10 bits per heavy atom. The van der Waals surface area contributed by atoms with Crippen LogP contribution in [0.15, 0.2) is 72.8 Å². The molecule has 0 bridgehead atoms. The van der Waals surface area contributed by atoms with E-state index in [1.54, 1.807) is 12.1 Å². The number of nitro benzene ring substituents is 1. The van der Waals surface area contributed by atoms with Crippen molar-refractivity contribution in [3.05, 3.63) is 82.9 Å². The molecule has 0 unspecified atom stereocenters. The topological polar surface area (TPSA) is 99.3 Å². The zero-order valence-corrected chi connectivity index (χ0v) is 16.1. The molecule has 1 N–H and O–H groups in total. The van der Waals surface area contributed by atoms with Gasteiger partial charge < -0.3 is 14.6 Å². The SMILES string of the molecule is Cn1c(-c2cccc(NC(=O)COc3cccc([N+](=O)[O-])c3)c2)nc2ccccc21. The zero-order valence-electron chi connectivity index (χ0n) is 16.1. The maximum absolute atomic E-state index is 12.3. The minimum Gasteiger partial charge on any atom is -0.484 e. The summed E-state index contributed by atoms with van der Waals surface area (Å²) < 4.78 is 7.37. The number of carbonyl (C=O) groups is 1. The Bertz CT molecular complexity index is 1250. The first kappa shape index (κ1) is 19.1. The second-order valence-corrected chi connectivity index (χ2v) is 6.66. The predicted octanol–water partition coefficient (Wildman–Crippen LogP) is 4.17. The summed E-state index contributed by atoms with van der Waals surface area (Å²) >= 11 is 0. The number of ether oxygens (including phenoxy) is 1. The molecule has 3 aromatic carbocycles. The van der Waals surface area contributed by atoms with E-state index in [-0.39, 0.29) is 24.0 Å². The van der Waals surface area contributed by atoms with E-state index in [0.717, 1.165) is 22.4 Å². The molecule has 4 aromatic rings. The minimum atomic E-state index is -0.514. The molecule has 0 saturated carbocycles. The van der Waals surface area contributed by atoms with Crippen LogP contribution in [-0.4, -0.2) is 27.0 Å². The molecule has 0 radical (unpaired) electrons. The summed E-state index contributed by atoms with van der Waals surface area (Å²) in [5.41, 5.74) is 3.29. The highest BCUT2D eigenvalue weighted by molar-refractivity contribution is 5.92. The van der Waals surface area contributed by atoms with Crippen molar-refractivity contribution in [3.63, 3.8) is 0 Å². The summed E-state index contributed by atoms with van der Waals surface area (Å²) in [6, 6.07) is 20.9. The normalized spacial score (nSPS) is 10.7. The number of imidazole rings is 1. The Morgan fingerprint density at radius 2 is 1.90 bits per heavy atom. The Balaban J connectivity index is 1.46. The second-order valence-electron chi connectivity index (χ2n) is 6.66. The number of para-hydroxylation sites is 2. The van der Waals surface area contributed by atoms with Gasteiger partial charge in [0, 0.05) is 24.4 Å². The van der Waals surface area contributed by atoms with Crippen molar-refractivity contribution in [2.75, 3.05) is 11.9 Å². The number of carbonyl (C=O) groups excluding carboxylic acids is 1. The molecule has 1 aromatic heterocycles. The third-order valence-electron chi connectivity index (χ3n) is 4.59. The van der Waals surface area contributed by atoms with Gasteiger partial charge in [0.1, 0.15) is 11.6 Å². The van der Waals surface area contributed by atoms with E-state index in [1.165, 1.54) is 18.2 Å². The van der Waals surface area contributed by atoms with Crippen LogP contribution in [0.1, 0.15) is 0 Å². The fourth-order valence-electron chi connectivity index (χ4n) is 3.17. The summed E-state index contributed by atoms with van der Waals surface area (Å²) in [6.45, 7) is -0.266. The fraction of sp³-hybridized carbons (Fsp3) is 0.0909. The molecule has 0 aliphatic rings. The van der Waals surface area contributed by atoms with Crippen LogP contribution in [0.5, 0.6) is 5.75 Å². The molecule has 0 atom stereocenters. The largest absolute Gasteiger partial charge is 0.484 e. The number of benzene rings is 3. The van der Waals surface area contributed by atoms with Crippen molar-refractivity contribution in [2.45, 2.75) is 0 Å². The molecule has 4 rings (SSSR count). The third kappa shape index (κ3) is 3.97. The summed E-state index contributed by atoms with van der Waals surface area (Å²) in [7, 11) is 1.95. The lowest BCUT2D eigenvalue weighted by Gasteiger charge is -2.09. The second kappa shape index (κ2) is 8.04. The lowest BCUT2D eigenvalue weighted by molar-refractivity contribution is -0.384. The van der Waals surface area contributed by atoms with E-state index >= 15 is 0 Å². The highest BCUT2D eigenvalue weighted by Gasteiger charge is 2.12. The Labute approximate surface area is 171 Å². The van der Waals surface area contributed by atoms with Crippen molar-refractivity contribution in [1.82, 2.24) is 9.55 Å². The number of fused-ring (bicyclic) bond motifs is 1. The molecule has 0 aliphatic heterocycles. The van der Waals surface area contributed by atoms with Crippen LogP contribution in [0.3, 0.4) is 0 Å². The number of nitrogens with zero attached hydrogens (tertiary/aromatic N) is 3. The zero-order chi connectivity index (χ0) is 21.1. The number of hydrogen-bond acceptors (Lipinski definition) is 5. The molecular formula is C22H18N4O4. The van der Waals surface area contributed by atoms with E-state index in [2.05, 4.69) is 10.3 Å². The first-order valence-corrected chi connectivity index (χ1v) is 9.20. The first-order chi connectivity index (χ1) is 14.5. The van der Waals surface area contributed by atoms with Crippen molar-refractivity contribution in [3.8, 4) is 17.1 Å². The summed E-state index contributed by atoms with van der Waals surface area (Å²) in [6.07, 6.45) is 0. The van der Waals surface area contributed by atoms with Gasteiger partial charge in [0.05, 0.1) is 22.0 Å². The van der Waals surface area contributed by atoms with Crippen LogP contribution in [0.2, 0.25) is 0 Å². The monoisotopic (exact) mass is 402 g/mol. The molecule has 0 fully saturated rings. The average molecular weight is 402 g/mol. The van der Waals surface area contributed by atoms with E-state index in [9.17, 15) is 14.9 Å². The van der Waals surface area contributed by atoms with E-state index in [4.69, 9.17) is 4.74 Å². The Morgan fingerprint density at radius 3 is 2.70 bits per heavy atom. The molecule has 8 heteroatoms. The molecule has 150 valence electrons. The quantitative estimate of drug-likeness (QED) is 0.385. The Hall–Kier alpha value is -4.20. The van der Waals surface area contributed by atoms with Gasteiger partial charge in [0.25, 0.3) is 11.6 Å². The number of nitro groups is 1. The van der Waals surface area contributed by atoms with Crippen LogP contribution in [0.4, 0.5) is 11.4 Å². The minimum absolute atomic E-state index is 0.0944. The van der Waals surface area contributed by atoms with Crippen LogP contribution in [0, 0.1) is 10.1 Å². The van der Waals surface area contributed by atoms with Gasteiger partial charge in [0.15, 0.2) is 6.61 Å². The number of anilines is 1. The van der Waals surface area contributed by atoms with Crippen LogP contribution in [-0.2, 0) is 11.8 Å². The van der Waals surface area contributed by atoms with E-state index in [0.29, 0.717) is 5.69 Å². The number of hydrogen-bond donors (Lipinski definition) is 1. The smallest absolute Gasteiger partial charge is 0.273 e. The van der Waals surface area contributed by atoms with E-state index in [1.807, 2.05) is 54.1 Å². The van der Waals surface area contributed by atoms with Crippen molar-refractivity contribution < 1.29 is 14.5 Å². The van der Waals surface area contributed by atoms with Crippen molar-refractivity contribution in [2.24, 2.45) is 7.05 Å². The van der Waals surface area contributed by atoms with Gasteiger partial charge in [-0.25, -0.2) is 4.98 Å². The maximum Gasteiger partial charge on any atom is 0.273 e. The van der Waals surface area contributed by atoms with Gasteiger partial charge in [0.2, 0.25) is 0 Å². The standard InChI is InChI=1S/C22H18N4O4/c1-25-20-11-3-2-10-19(20)24-22(25)15-6-4-7-16(12-15)23-21(27)14-30-18-9-5-8-17(13-18)26(28)29/h2-13H,14H2,1H3,(H,23,27). The van der Waals surface area contributed by atoms with Crippen molar-refractivity contribution >= 4 is 28.3 Å². The highest BCUT2D eigenvalue weighted by Crippen LogP contribution is 2.25. The molecule has 8 nitrogen and oxygen atoms in total. The molecular weight excluding hydrogens is 384 g/mol. The number of aromatic nitrogens is 2. The van der Waals surface area contributed by atoms with Crippen LogP contribution < -0.4 is 10.1 Å². The maximum atomic E-state index is 12.3. The number of amides is 1. The number of non-ortho nitro benzene ring substituents is 1. The first-order valence-electron chi connectivity index (χ1n) is 9.20. The average Bonchev–Trinajstić information content (AvgIpc) is 3.09. The molecule has 0 saturated heterocycles. The van der Waals surface area contributed by atoms with Gasteiger partial charge >= 0.3 is 0 Å². The summed E-state index contributed by atoms with van der Waals surface area (Å²) in [5, 5.41) is 13.6. The van der Waals surface area contributed by atoms with Gasteiger partial charge in [-0.1, -0.05) is 30.3 Å². The lowest BCUT2D eigenvalue weighted by atomic mass is 10.2. The number of aryl methyl sites for hydroxylation is 1. The summed E-state index contributed by atoms with van der Waals surface area (Å²) in [5.74, 6) is 0.677. The molecule has 1 amide bonds. The van der Waals surface area contributed by atoms with E-state index < -0.39 is 4.92 Å². The van der Waals surface area contributed by atoms with Gasteiger partial charge in [-0.15, -0.1) is 0 Å². The number of nitrogens with one attached hydrogen (secondary N) is 1. The fourth-order valence-corrected chi connectivity index (χ4v) is 3.17. The van der Waals surface area contributed by atoms with Crippen LogP contribution in [0.25, 0.3) is 22.4 Å². The molecule has 0 spiro atoms. The van der Waals surface area contributed by atoms with Gasteiger partial charge in [-0.05, 0) is 30.3 Å². The van der Waals surface area contributed by atoms with Crippen LogP contribution >= 0.6 is 0 Å². The van der Waals surface area contributed by atoms with Gasteiger partial charge in [-0.2, -0.15) is 0 Å². The number of rotatable bonds is 6. The molecule has 0 aliphatic carbocycles. The third-order valence-corrected chi connectivity index (χ3v) is 4.59. The van der Waals surface area contributed by atoms with Gasteiger partial charge in [-0.3, -0.25) is 14.9 Å².